The van der Waals surface area contributed by atoms with E-state index in [0.29, 0.717) is 5.75 Å². The predicted molar refractivity (Wildman–Crippen MR) is 94.2 cm³/mol. The van der Waals surface area contributed by atoms with Crippen LogP contribution < -0.4 is 14.9 Å². The van der Waals surface area contributed by atoms with Gasteiger partial charge in [-0.1, -0.05) is 6.07 Å². The Balaban J connectivity index is 2.35. The van der Waals surface area contributed by atoms with Gasteiger partial charge < -0.3 is 14.0 Å². The number of nitrogens with zero attached hydrogens (tertiary/aromatic N) is 1. The van der Waals surface area contributed by atoms with Crippen molar-refractivity contribution < 1.29 is 9.47 Å². The third-order valence-electron chi connectivity index (χ3n) is 3.43. The summed E-state index contributed by atoms with van der Waals surface area (Å²) in [6.45, 7) is 7.80. The summed E-state index contributed by atoms with van der Waals surface area (Å²) in [6.07, 6.45) is 4.01. The zero-order chi connectivity index (χ0) is 17.0. The third-order valence-corrected chi connectivity index (χ3v) is 3.43. The average molecular weight is 313 g/mol. The summed E-state index contributed by atoms with van der Waals surface area (Å²) in [6, 6.07) is 9.05. The van der Waals surface area contributed by atoms with Crippen molar-refractivity contribution in [3.8, 4) is 11.5 Å². The maximum atomic E-state index is 11.5. The first kappa shape index (κ1) is 16.9. The highest BCUT2D eigenvalue weighted by atomic mass is 16.5. The smallest absolute Gasteiger partial charge is 0.182 e. The van der Waals surface area contributed by atoms with Crippen molar-refractivity contribution in [3.05, 3.63) is 57.5 Å². The number of aromatic nitrogens is 1. The zero-order valence-corrected chi connectivity index (χ0v) is 14.3. The Labute approximate surface area is 137 Å². The summed E-state index contributed by atoms with van der Waals surface area (Å²) in [7, 11) is 1.63. The van der Waals surface area contributed by atoms with E-state index in [1.807, 2.05) is 62.7 Å². The minimum atomic E-state index is 0.0294. The molecule has 0 atom stereocenters. The topological polar surface area (TPSA) is 40.5 Å². The third kappa shape index (κ3) is 4.25. The second kappa shape index (κ2) is 7.18. The Morgan fingerprint density at radius 1 is 1.04 bits per heavy atom. The molecule has 23 heavy (non-hydrogen) atoms. The van der Waals surface area contributed by atoms with Gasteiger partial charge in [0, 0.05) is 29.7 Å². The fourth-order valence-corrected chi connectivity index (χ4v) is 2.41. The van der Waals surface area contributed by atoms with E-state index in [9.17, 15) is 4.79 Å². The number of hydrogen-bond acceptors (Lipinski definition) is 3. The van der Waals surface area contributed by atoms with Crippen LogP contribution in [-0.4, -0.2) is 17.8 Å². The molecule has 0 aliphatic heterocycles. The van der Waals surface area contributed by atoms with Crippen LogP contribution in [0.3, 0.4) is 0 Å². The van der Waals surface area contributed by atoms with Crippen LogP contribution in [0.15, 0.2) is 35.1 Å². The van der Waals surface area contributed by atoms with Gasteiger partial charge in [0.1, 0.15) is 0 Å². The van der Waals surface area contributed by atoms with Gasteiger partial charge in [0.15, 0.2) is 16.9 Å². The van der Waals surface area contributed by atoms with Crippen molar-refractivity contribution in [2.45, 2.75) is 33.8 Å². The van der Waals surface area contributed by atoms with Crippen LogP contribution in [0, 0.1) is 13.8 Å². The average Bonchev–Trinajstić information content (AvgIpc) is 2.45. The molecular formula is C19H23NO3. The second-order valence-electron chi connectivity index (χ2n) is 5.74. The summed E-state index contributed by atoms with van der Waals surface area (Å²) in [5, 5.41) is 0. The summed E-state index contributed by atoms with van der Waals surface area (Å²) >= 11 is 0. The van der Waals surface area contributed by atoms with E-state index in [2.05, 4.69) is 0 Å². The van der Waals surface area contributed by atoms with E-state index in [-0.39, 0.29) is 11.5 Å². The minimum absolute atomic E-state index is 0.0294. The maximum absolute atomic E-state index is 11.5. The van der Waals surface area contributed by atoms with Gasteiger partial charge in [-0.2, -0.15) is 0 Å². The van der Waals surface area contributed by atoms with Gasteiger partial charge in [0.05, 0.1) is 13.2 Å². The fourth-order valence-electron chi connectivity index (χ4n) is 2.41. The van der Waals surface area contributed by atoms with Crippen LogP contribution in [0.1, 0.15) is 30.8 Å². The molecule has 1 aromatic heterocycles. The predicted octanol–water partition coefficient (Wildman–Crippen LogP) is 3.89. The summed E-state index contributed by atoms with van der Waals surface area (Å²) in [5.74, 6) is 1.43. The molecule has 122 valence electrons. The van der Waals surface area contributed by atoms with Crippen LogP contribution in [0.4, 0.5) is 0 Å². The molecule has 0 fully saturated rings. The zero-order valence-electron chi connectivity index (χ0n) is 14.3. The van der Waals surface area contributed by atoms with E-state index >= 15 is 0 Å². The van der Waals surface area contributed by atoms with Crippen molar-refractivity contribution in [3.63, 3.8) is 0 Å². The molecule has 2 rings (SSSR count). The second-order valence-corrected chi connectivity index (χ2v) is 5.74. The van der Waals surface area contributed by atoms with Crippen molar-refractivity contribution in [1.29, 1.82) is 0 Å². The molecule has 0 bridgehead atoms. The standard InChI is InChI=1S/C19H23NO3/c1-13(2)23-19-12-16(6-7-18(19)22-5)8-9-20-14(3)10-17(21)11-15(20)4/h6-13H,1-5H3/b9-8+. The number of hydrogen-bond donors (Lipinski definition) is 0. The van der Waals surface area contributed by atoms with E-state index < -0.39 is 0 Å². The van der Waals surface area contributed by atoms with Crippen molar-refractivity contribution >= 4 is 12.3 Å². The van der Waals surface area contributed by atoms with Crippen LogP contribution >= 0.6 is 0 Å². The van der Waals surface area contributed by atoms with Crippen molar-refractivity contribution in [1.82, 2.24) is 4.57 Å². The molecule has 4 heteroatoms. The van der Waals surface area contributed by atoms with Crippen molar-refractivity contribution in [2.75, 3.05) is 7.11 Å². The number of aryl methyl sites for hydroxylation is 2. The molecule has 0 unspecified atom stereocenters. The van der Waals surface area contributed by atoms with Crippen molar-refractivity contribution in [2.24, 2.45) is 0 Å². The molecule has 0 N–H and O–H groups in total. The van der Waals surface area contributed by atoms with Gasteiger partial charge in [0.2, 0.25) is 0 Å². The van der Waals surface area contributed by atoms with Gasteiger partial charge in [0.25, 0.3) is 0 Å². The SMILES string of the molecule is COc1ccc(/C=C/n2c(C)cc(=O)cc2C)cc1OC(C)C. The van der Waals surface area contributed by atoms with E-state index in [0.717, 1.165) is 22.7 Å². The first-order valence-corrected chi connectivity index (χ1v) is 7.63. The molecule has 2 aromatic rings. The number of benzene rings is 1. The lowest BCUT2D eigenvalue weighted by molar-refractivity contribution is 0.230. The first-order chi connectivity index (χ1) is 10.9. The number of pyridine rings is 1. The largest absolute Gasteiger partial charge is 0.493 e. The normalized spacial score (nSPS) is 11.2. The van der Waals surface area contributed by atoms with Gasteiger partial charge in [-0.3, -0.25) is 4.79 Å². The molecule has 0 saturated heterocycles. The van der Waals surface area contributed by atoms with E-state index in [1.165, 1.54) is 0 Å². The summed E-state index contributed by atoms with van der Waals surface area (Å²) in [5.41, 5.74) is 2.83. The summed E-state index contributed by atoms with van der Waals surface area (Å²) in [4.78, 5) is 11.5. The number of methoxy groups -OCH3 is 1. The molecule has 0 radical (unpaired) electrons. The number of rotatable bonds is 5. The van der Waals surface area contributed by atoms with Crippen LogP contribution in [0.25, 0.3) is 12.3 Å². The monoisotopic (exact) mass is 313 g/mol. The lowest BCUT2D eigenvalue weighted by Crippen LogP contribution is -2.08. The molecule has 1 heterocycles. The molecule has 4 nitrogen and oxygen atoms in total. The Kier molecular flexibility index (Phi) is 5.27. The Morgan fingerprint density at radius 3 is 2.26 bits per heavy atom. The van der Waals surface area contributed by atoms with Crippen LogP contribution in [-0.2, 0) is 0 Å². The van der Waals surface area contributed by atoms with Gasteiger partial charge in [-0.15, -0.1) is 0 Å². The molecule has 1 aromatic carbocycles. The highest BCUT2D eigenvalue weighted by molar-refractivity contribution is 5.64. The van der Waals surface area contributed by atoms with Crippen LogP contribution in [0.2, 0.25) is 0 Å². The highest BCUT2D eigenvalue weighted by Crippen LogP contribution is 2.29. The minimum Gasteiger partial charge on any atom is -0.493 e. The van der Waals surface area contributed by atoms with Gasteiger partial charge in [-0.25, -0.2) is 0 Å². The molecule has 0 spiro atoms. The quantitative estimate of drug-likeness (QED) is 0.841. The molecule has 0 aliphatic carbocycles. The summed E-state index contributed by atoms with van der Waals surface area (Å²) < 4.78 is 13.1. The molecule has 0 amide bonds. The lowest BCUT2D eigenvalue weighted by atomic mass is 10.2. The Morgan fingerprint density at radius 2 is 1.70 bits per heavy atom. The Bertz CT molecular complexity index is 746. The molecule has 0 aliphatic rings. The van der Waals surface area contributed by atoms with Crippen LogP contribution in [0.5, 0.6) is 11.5 Å². The molecular weight excluding hydrogens is 290 g/mol. The highest BCUT2D eigenvalue weighted by Gasteiger charge is 2.06. The van der Waals surface area contributed by atoms with Gasteiger partial charge in [-0.05, 0) is 51.5 Å². The lowest BCUT2D eigenvalue weighted by Gasteiger charge is -2.14. The molecule has 0 saturated carbocycles. The fraction of sp³-hybridized carbons (Fsp3) is 0.316. The maximum Gasteiger partial charge on any atom is 0.182 e. The van der Waals surface area contributed by atoms with Gasteiger partial charge >= 0.3 is 0 Å². The Hall–Kier alpha value is -2.49. The number of ether oxygens (including phenoxy) is 2. The first-order valence-electron chi connectivity index (χ1n) is 7.63. The van der Waals surface area contributed by atoms with E-state index in [1.54, 1.807) is 19.2 Å². The van der Waals surface area contributed by atoms with E-state index in [4.69, 9.17) is 9.47 Å².